The van der Waals surface area contributed by atoms with Crippen LogP contribution in [0, 0.1) is 0 Å². The molecule has 0 aliphatic carbocycles. The Kier molecular flexibility index (Phi) is 4.71. The molecule has 0 saturated carbocycles. The highest BCUT2D eigenvalue weighted by atomic mass is 28.4. The Hall–Kier alpha value is -0.973. The van der Waals surface area contributed by atoms with Crippen LogP contribution in [0.5, 0.6) is 0 Å². The van der Waals surface area contributed by atoms with Crippen LogP contribution in [0.1, 0.15) is 34.1 Å². The van der Waals surface area contributed by atoms with Gasteiger partial charge < -0.3 is 14.1 Å². The SMILES string of the molecule is CC1=C(O[Si](C)(C)C)CCN(C(=O)OC(C)(C)C)C1. The monoisotopic (exact) mass is 285 g/mol. The van der Waals surface area contributed by atoms with Crippen LogP contribution in [0.25, 0.3) is 0 Å². The molecule has 1 rings (SSSR count). The summed E-state index contributed by atoms with van der Waals surface area (Å²) >= 11 is 0. The summed E-state index contributed by atoms with van der Waals surface area (Å²) in [5, 5.41) is 0. The van der Waals surface area contributed by atoms with Crippen molar-refractivity contribution in [2.75, 3.05) is 13.1 Å². The molecule has 1 aliphatic heterocycles. The number of hydrogen-bond donors (Lipinski definition) is 0. The first-order valence-electron chi connectivity index (χ1n) is 6.83. The molecule has 0 aromatic carbocycles. The Morgan fingerprint density at radius 1 is 1.26 bits per heavy atom. The van der Waals surface area contributed by atoms with Crippen molar-refractivity contribution in [1.82, 2.24) is 4.90 Å². The van der Waals surface area contributed by atoms with Crippen molar-refractivity contribution in [3.63, 3.8) is 0 Å². The normalized spacial score (nSPS) is 17.5. The molecule has 4 nitrogen and oxygen atoms in total. The molecular formula is C14H27NO3Si. The van der Waals surface area contributed by atoms with E-state index in [4.69, 9.17) is 9.16 Å². The molecule has 0 aromatic heterocycles. The molecular weight excluding hydrogens is 258 g/mol. The van der Waals surface area contributed by atoms with Crippen LogP contribution in [0.2, 0.25) is 19.6 Å². The van der Waals surface area contributed by atoms with E-state index in [1.165, 1.54) is 0 Å². The molecule has 0 fully saturated rings. The van der Waals surface area contributed by atoms with Crippen molar-refractivity contribution in [3.8, 4) is 0 Å². The maximum atomic E-state index is 12.0. The van der Waals surface area contributed by atoms with E-state index in [0.29, 0.717) is 13.1 Å². The van der Waals surface area contributed by atoms with E-state index in [2.05, 4.69) is 19.6 Å². The lowest BCUT2D eigenvalue weighted by Crippen LogP contribution is -2.41. The summed E-state index contributed by atoms with van der Waals surface area (Å²) < 4.78 is 11.5. The van der Waals surface area contributed by atoms with Crippen molar-refractivity contribution >= 4 is 14.4 Å². The van der Waals surface area contributed by atoms with E-state index in [1.54, 1.807) is 4.90 Å². The third-order valence-electron chi connectivity index (χ3n) is 2.59. The van der Waals surface area contributed by atoms with E-state index in [-0.39, 0.29) is 6.09 Å². The number of carbonyl (C=O) groups excluding carboxylic acids is 1. The topological polar surface area (TPSA) is 38.8 Å². The fourth-order valence-electron chi connectivity index (χ4n) is 1.89. The molecule has 0 bridgehead atoms. The van der Waals surface area contributed by atoms with Crippen molar-refractivity contribution in [2.24, 2.45) is 0 Å². The van der Waals surface area contributed by atoms with Crippen LogP contribution in [0.4, 0.5) is 4.79 Å². The van der Waals surface area contributed by atoms with Gasteiger partial charge in [0.05, 0.1) is 5.76 Å². The number of ether oxygens (including phenoxy) is 1. The fraction of sp³-hybridized carbons (Fsp3) is 0.786. The summed E-state index contributed by atoms with van der Waals surface area (Å²) in [6.07, 6.45) is 0.550. The van der Waals surface area contributed by atoms with Crippen LogP contribution in [0.3, 0.4) is 0 Å². The first kappa shape index (κ1) is 16.1. The maximum Gasteiger partial charge on any atom is 0.410 e. The van der Waals surface area contributed by atoms with Gasteiger partial charge in [-0.05, 0) is 52.9 Å². The Labute approximate surface area is 117 Å². The van der Waals surface area contributed by atoms with E-state index in [1.807, 2.05) is 27.7 Å². The molecule has 0 N–H and O–H groups in total. The second-order valence-electron chi connectivity index (χ2n) is 7.07. The zero-order valence-corrected chi connectivity index (χ0v) is 14.3. The smallest absolute Gasteiger partial charge is 0.410 e. The lowest BCUT2D eigenvalue weighted by molar-refractivity contribution is 0.0251. The molecule has 1 amide bonds. The minimum atomic E-state index is -1.57. The van der Waals surface area contributed by atoms with Crippen LogP contribution < -0.4 is 0 Å². The maximum absolute atomic E-state index is 12.0. The second kappa shape index (κ2) is 5.57. The molecule has 0 spiro atoms. The molecule has 0 saturated heterocycles. The summed E-state index contributed by atoms with van der Waals surface area (Å²) in [7, 11) is -1.57. The number of hydrogen-bond acceptors (Lipinski definition) is 3. The molecule has 110 valence electrons. The van der Waals surface area contributed by atoms with Crippen LogP contribution in [-0.2, 0) is 9.16 Å². The van der Waals surface area contributed by atoms with Gasteiger partial charge in [0.2, 0.25) is 8.32 Å². The van der Waals surface area contributed by atoms with Gasteiger partial charge in [-0.1, -0.05) is 0 Å². The molecule has 5 heteroatoms. The van der Waals surface area contributed by atoms with E-state index in [0.717, 1.165) is 17.8 Å². The van der Waals surface area contributed by atoms with Gasteiger partial charge in [-0.25, -0.2) is 4.79 Å². The highest BCUT2D eigenvalue weighted by Crippen LogP contribution is 2.23. The summed E-state index contributed by atoms with van der Waals surface area (Å²) in [6.45, 7) is 15.5. The molecule has 1 heterocycles. The average Bonchev–Trinajstić information content (AvgIpc) is 2.16. The van der Waals surface area contributed by atoms with Crippen molar-refractivity contribution in [2.45, 2.75) is 59.4 Å². The molecule has 19 heavy (non-hydrogen) atoms. The Morgan fingerprint density at radius 3 is 2.26 bits per heavy atom. The van der Waals surface area contributed by atoms with Gasteiger partial charge in [-0.3, -0.25) is 0 Å². The standard InChI is InChI=1S/C14H27NO3Si/c1-11-10-15(13(16)17-14(2,3)4)9-8-12(11)18-19(5,6)7/h8-10H2,1-7H3. The van der Waals surface area contributed by atoms with Crippen molar-refractivity contribution in [3.05, 3.63) is 11.3 Å². The van der Waals surface area contributed by atoms with Gasteiger partial charge in [0.25, 0.3) is 0 Å². The van der Waals surface area contributed by atoms with E-state index >= 15 is 0 Å². The molecule has 0 radical (unpaired) electrons. The predicted molar refractivity (Wildman–Crippen MR) is 79.6 cm³/mol. The van der Waals surface area contributed by atoms with E-state index < -0.39 is 13.9 Å². The summed E-state index contributed by atoms with van der Waals surface area (Å²) in [4.78, 5) is 13.7. The summed E-state index contributed by atoms with van der Waals surface area (Å²) in [5.41, 5.74) is 0.698. The lowest BCUT2D eigenvalue weighted by Gasteiger charge is -2.33. The Balaban J connectivity index is 2.65. The lowest BCUT2D eigenvalue weighted by atomic mass is 10.1. The Bertz CT molecular complexity index is 377. The highest BCUT2D eigenvalue weighted by Gasteiger charge is 2.28. The molecule has 0 atom stereocenters. The van der Waals surface area contributed by atoms with Gasteiger partial charge in [0, 0.05) is 19.5 Å². The van der Waals surface area contributed by atoms with E-state index in [9.17, 15) is 4.79 Å². The average molecular weight is 285 g/mol. The largest absolute Gasteiger partial charge is 0.547 e. The molecule has 0 aromatic rings. The minimum absolute atomic E-state index is 0.237. The Morgan fingerprint density at radius 2 is 1.84 bits per heavy atom. The third kappa shape index (κ3) is 5.68. The fourth-order valence-corrected chi connectivity index (χ4v) is 2.91. The van der Waals surface area contributed by atoms with Gasteiger partial charge in [-0.2, -0.15) is 0 Å². The number of amides is 1. The van der Waals surface area contributed by atoms with Crippen molar-refractivity contribution in [1.29, 1.82) is 0 Å². The predicted octanol–water partition coefficient (Wildman–Crippen LogP) is 3.75. The first-order valence-corrected chi connectivity index (χ1v) is 10.2. The number of nitrogens with zero attached hydrogens (tertiary/aromatic N) is 1. The minimum Gasteiger partial charge on any atom is -0.547 e. The summed E-state index contributed by atoms with van der Waals surface area (Å²) in [5.74, 6) is 1.07. The van der Waals surface area contributed by atoms with Gasteiger partial charge in [0.15, 0.2) is 0 Å². The molecule has 0 unspecified atom stereocenters. The number of carbonyl (C=O) groups is 1. The van der Waals surface area contributed by atoms with Crippen LogP contribution >= 0.6 is 0 Å². The zero-order chi connectivity index (χ0) is 14.8. The van der Waals surface area contributed by atoms with Gasteiger partial charge in [0.1, 0.15) is 5.60 Å². The van der Waals surface area contributed by atoms with Crippen molar-refractivity contribution < 1.29 is 14.0 Å². The molecule has 1 aliphatic rings. The first-order chi connectivity index (χ1) is 8.48. The van der Waals surface area contributed by atoms with Gasteiger partial charge >= 0.3 is 6.09 Å². The highest BCUT2D eigenvalue weighted by molar-refractivity contribution is 6.70. The second-order valence-corrected chi connectivity index (χ2v) is 11.5. The summed E-state index contributed by atoms with van der Waals surface area (Å²) in [6, 6.07) is 0. The third-order valence-corrected chi connectivity index (χ3v) is 3.45. The van der Waals surface area contributed by atoms with Crippen LogP contribution in [0.15, 0.2) is 11.3 Å². The number of rotatable bonds is 2. The quantitative estimate of drug-likeness (QED) is 0.725. The van der Waals surface area contributed by atoms with Crippen LogP contribution in [-0.4, -0.2) is 38.0 Å². The zero-order valence-electron chi connectivity index (χ0n) is 13.3. The van der Waals surface area contributed by atoms with Gasteiger partial charge in [-0.15, -0.1) is 0 Å².